The summed E-state index contributed by atoms with van der Waals surface area (Å²) in [5.41, 5.74) is 8.88. The highest BCUT2D eigenvalue weighted by molar-refractivity contribution is 7.80. The van der Waals surface area contributed by atoms with Gasteiger partial charge in [0.05, 0.1) is 12.2 Å². The molecule has 1 atom stereocenters. The molecular weight excluding hydrogens is 260 g/mol. The van der Waals surface area contributed by atoms with Crippen LogP contribution in [0.1, 0.15) is 36.6 Å². The highest BCUT2D eigenvalue weighted by Gasteiger charge is 2.18. The summed E-state index contributed by atoms with van der Waals surface area (Å²) < 4.78 is 10.9. The van der Waals surface area contributed by atoms with E-state index in [0.717, 1.165) is 24.1 Å². The molecular formula is C14H20N2O2S. The Balaban J connectivity index is 2.31. The molecule has 0 saturated carbocycles. The molecule has 0 bridgehead atoms. The second kappa shape index (κ2) is 6.30. The number of fused-ring (bicyclic) bond motifs is 1. The number of hydrogen-bond donors (Lipinski definition) is 1. The summed E-state index contributed by atoms with van der Waals surface area (Å²) in [4.78, 5) is 4.95. The monoisotopic (exact) mass is 280 g/mol. The minimum absolute atomic E-state index is 0.0766. The van der Waals surface area contributed by atoms with Crippen molar-refractivity contribution in [1.29, 1.82) is 0 Å². The third kappa shape index (κ3) is 3.42. The molecule has 1 aliphatic rings. The molecule has 4 nitrogen and oxygen atoms in total. The van der Waals surface area contributed by atoms with E-state index in [2.05, 4.69) is 4.98 Å². The summed E-state index contributed by atoms with van der Waals surface area (Å²) in [6, 6.07) is 2.04. The first-order valence-corrected chi connectivity index (χ1v) is 7.01. The van der Waals surface area contributed by atoms with Crippen molar-refractivity contribution in [2.24, 2.45) is 5.73 Å². The Morgan fingerprint density at radius 2 is 2.21 bits per heavy atom. The van der Waals surface area contributed by atoms with Gasteiger partial charge in [0, 0.05) is 12.8 Å². The number of ether oxygens (including phenoxy) is 2. The van der Waals surface area contributed by atoms with E-state index in [1.807, 2.05) is 13.0 Å². The van der Waals surface area contributed by atoms with Crippen LogP contribution in [-0.2, 0) is 17.6 Å². The van der Waals surface area contributed by atoms with Crippen LogP contribution in [0.5, 0.6) is 5.88 Å². The fourth-order valence-electron chi connectivity index (χ4n) is 2.34. The van der Waals surface area contributed by atoms with Crippen molar-refractivity contribution in [3.8, 4) is 5.88 Å². The van der Waals surface area contributed by atoms with Crippen molar-refractivity contribution < 1.29 is 9.47 Å². The lowest BCUT2D eigenvalue weighted by Crippen LogP contribution is -2.23. The van der Waals surface area contributed by atoms with Crippen LogP contribution in [0, 0.1) is 0 Å². The van der Waals surface area contributed by atoms with Gasteiger partial charge in [-0.05, 0) is 44.2 Å². The molecule has 104 valence electrons. The minimum Gasteiger partial charge on any atom is -0.472 e. The number of pyridine rings is 1. The first-order chi connectivity index (χ1) is 9.11. The third-order valence-electron chi connectivity index (χ3n) is 3.25. The zero-order valence-electron chi connectivity index (χ0n) is 11.4. The number of thiocarbonyl (C=S) groups is 1. The van der Waals surface area contributed by atoms with Gasteiger partial charge in [-0.15, -0.1) is 0 Å². The van der Waals surface area contributed by atoms with E-state index >= 15 is 0 Å². The Hall–Kier alpha value is -1.20. The van der Waals surface area contributed by atoms with Gasteiger partial charge in [-0.3, -0.25) is 0 Å². The van der Waals surface area contributed by atoms with Crippen molar-refractivity contribution in [3.63, 3.8) is 0 Å². The zero-order valence-corrected chi connectivity index (χ0v) is 12.3. The van der Waals surface area contributed by atoms with Gasteiger partial charge in [-0.25, -0.2) is 4.98 Å². The number of methoxy groups -OCH3 is 1. The van der Waals surface area contributed by atoms with Gasteiger partial charge in [-0.2, -0.15) is 0 Å². The van der Waals surface area contributed by atoms with Crippen molar-refractivity contribution in [3.05, 3.63) is 22.9 Å². The smallest absolute Gasteiger partial charge is 0.224 e. The van der Waals surface area contributed by atoms with Crippen LogP contribution >= 0.6 is 12.2 Å². The average Bonchev–Trinajstić information content (AvgIpc) is 2.38. The summed E-state index contributed by atoms with van der Waals surface area (Å²) in [5.74, 6) is 0.540. The predicted octanol–water partition coefficient (Wildman–Crippen LogP) is 2.01. The molecule has 0 fully saturated rings. The van der Waals surface area contributed by atoms with Crippen LogP contribution in [0.2, 0.25) is 0 Å². The van der Waals surface area contributed by atoms with Gasteiger partial charge in [0.25, 0.3) is 0 Å². The topological polar surface area (TPSA) is 57.4 Å². The van der Waals surface area contributed by atoms with Crippen LogP contribution in [0.3, 0.4) is 0 Å². The van der Waals surface area contributed by atoms with Crippen molar-refractivity contribution >= 4 is 17.2 Å². The van der Waals surface area contributed by atoms with Crippen LogP contribution in [0.15, 0.2) is 6.07 Å². The summed E-state index contributed by atoms with van der Waals surface area (Å²) in [7, 11) is 1.65. The first kappa shape index (κ1) is 14.2. The average molecular weight is 280 g/mol. The summed E-state index contributed by atoms with van der Waals surface area (Å²) in [6.45, 7) is 2.45. The Kier molecular flexibility index (Phi) is 4.71. The van der Waals surface area contributed by atoms with E-state index in [-0.39, 0.29) is 6.10 Å². The number of aryl methyl sites for hydroxylation is 2. The van der Waals surface area contributed by atoms with Gasteiger partial charge in [0.2, 0.25) is 5.88 Å². The standard InChI is InChI=1S/C14H20N2O2S/c1-9(8-17-2)18-14-11(13(15)19)7-10-5-3-4-6-12(10)16-14/h7,9H,3-6,8H2,1-2H3,(H2,15,19). The molecule has 1 aromatic heterocycles. The molecule has 1 heterocycles. The SMILES string of the molecule is COCC(C)Oc1nc2c(cc1C(N)=S)CCCC2. The van der Waals surface area contributed by atoms with E-state index in [0.29, 0.717) is 17.5 Å². The van der Waals surface area contributed by atoms with Gasteiger partial charge in [-0.1, -0.05) is 12.2 Å². The van der Waals surface area contributed by atoms with Gasteiger partial charge >= 0.3 is 0 Å². The Bertz CT molecular complexity index is 477. The molecule has 1 aliphatic carbocycles. The number of nitrogens with two attached hydrogens (primary N) is 1. The lowest BCUT2D eigenvalue weighted by atomic mass is 9.95. The Labute approximate surface area is 119 Å². The van der Waals surface area contributed by atoms with E-state index in [1.54, 1.807) is 7.11 Å². The van der Waals surface area contributed by atoms with Crippen molar-refractivity contribution in [1.82, 2.24) is 4.98 Å². The Morgan fingerprint density at radius 3 is 2.89 bits per heavy atom. The van der Waals surface area contributed by atoms with E-state index in [1.165, 1.54) is 18.4 Å². The molecule has 0 aromatic carbocycles. The zero-order chi connectivity index (χ0) is 13.8. The molecule has 0 aliphatic heterocycles. The van der Waals surface area contributed by atoms with Crippen molar-refractivity contribution in [2.75, 3.05) is 13.7 Å². The molecule has 1 unspecified atom stereocenters. The molecule has 19 heavy (non-hydrogen) atoms. The summed E-state index contributed by atoms with van der Waals surface area (Å²) in [6.07, 6.45) is 4.35. The van der Waals surface area contributed by atoms with E-state index < -0.39 is 0 Å². The fraction of sp³-hybridized carbons (Fsp3) is 0.571. The Morgan fingerprint density at radius 1 is 1.47 bits per heavy atom. The summed E-state index contributed by atoms with van der Waals surface area (Å²) >= 11 is 5.10. The molecule has 0 radical (unpaired) electrons. The maximum absolute atomic E-state index is 5.81. The van der Waals surface area contributed by atoms with E-state index in [9.17, 15) is 0 Å². The molecule has 5 heteroatoms. The summed E-state index contributed by atoms with van der Waals surface area (Å²) in [5, 5.41) is 0. The maximum Gasteiger partial charge on any atom is 0.224 e. The quantitative estimate of drug-likeness (QED) is 0.836. The maximum atomic E-state index is 5.81. The van der Waals surface area contributed by atoms with Gasteiger partial charge < -0.3 is 15.2 Å². The van der Waals surface area contributed by atoms with Gasteiger partial charge in [0.15, 0.2) is 0 Å². The molecule has 0 amide bonds. The van der Waals surface area contributed by atoms with E-state index in [4.69, 9.17) is 27.4 Å². The normalized spacial score (nSPS) is 15.7. The minimum atomic E-state index is -0.0766. The number of aromatic nitrogens is 1. The first-order valence-electron chi connectivity index (χ1n) is 6.60. The highest BCUT2D eigenvalue weighted by atomic mass is 32.1. The second-order valence-electron chi connectivity index (χ2n) is 4.90. The molecule has 2 N–H and O–H groups in total. The molecule has 0 spiro atoms. The van der Waals surface area contributed by atoms with Gasteiger partial charge in [0.1, 0.15) is 11.1 Å². The number of nitrogens with zero attached hydrogens (tertiary/aromatic N) is 1. The number of rotatable bonds is 5. The number of hydrogen-bond acceptors (Lipinski definition) is 4. The molecule has 0 saturated heterocycles. The fourth-order valence-corrected chi connectivity index (χ4v) is 2.49. The lowest BCUT2D eigenvalue weighted by molar-refractivity contribution is 0.0886. The third-order valence-corrected chi connectivity index (χ3v) is 3.47. The molecule has 2 rings (SSSR count). The van der Waals surface area contributed by atoms with Crippen LogP contribution in [-0.4, -0.2) is 29.8 Å². The van der Waals surface area contributed by atoms with Crippen molar-refractivity contribution in [2.45, 2.75) is 38.7 Å². The molecule has 1 aromatic rings. The largest absolute Gasteiger partial charge is 0.472 e. The highest BCUT2D eigenvalue weighted by Crippen LogP contribution is 2.26. The van der Waals surface area contributed by atoms with Crippen LogP contribution in [0.4, 0.5) is 0 Å². The lowest BCUT2D eigenvalue weighted by Gasteiger charge is -2.20. The second-order valence-corrected chi connectivity index (χ2v) is 5.34. The predicted molar refractivity (Wildman–Crippen MR) is 78.7 cm³/mol. The van der Waals surface area contributed by atoms with Crippen LogP contribution < -0.4 is 10.5 Å². The van der Waals surface area contributed by atoms with Crippen LogP contribution in [0.25, 0.3) is 0 Å².